The first-order valence-electron chi connectivity index (χ1n) is 32.7. The van der Waals surface area contributed by atoms with Crippen LogP contribution in [0, 0.1) is 0 Å². The largest absolute Gasteiger partial charge is 0.309 e. The number of fused-ring (bicyclic) bond motifs is 3. The maximum atomic E-state index is 2.61. The van der Waals surface area contributed by atoms with E-state index in [1.54, 1.807) is 0 Å². The fourth-order valence-electron chi connectivity index (χ4n) is 13.6. The first kappa shape index (κ1) is 60.2. The average molecular weight is 1180 g/mol. The Balaban J connectivity index is 1.05. The number of rotatable bonds is 8. The quantitative estimate of drug-likeness (QED) is 0.138. The summed E-state index contributed by atoms with van der Waals surface area (Å²) < 4.78 is 2.55. The minimum atomic E-state index is -0.136. The van der Waals surface area contributed by atoms with Gasteiger partial charge < -0.3 is 9.47 Å². The van der Waals surface area contributed by atoms with Crippen molar-refractivity contribution < 1.29 is 0 Å². The number of anilines is 3. The third kappa shape index (κ3) is 10.9. The highest BCUT2D eigenvalue weighted by Crippen LogP contribution is 2.51. The van der Waals surface area contributed by atoms with Crippen molar-refractivity contribution in [1.29, 1.82) is 0 Å². The molecule has 13 aromatic rings. The average Bonchev–Trinajstić information content (AvgIpc) is 1.11. The topological polar surface area (TPSA) is 8.17 Å². The molecule has 0 radical (unpaired) electrons. The predicted molar refractivity (Wildman–Crippen MR) is 393 cm³/mol. The maximum absolute atomic E-state index is 2.61. The Hall–Kier alpha value is -8.72. The number of para-hydroxylation sites is 1. The van der Waals surface area contributed by atoms with Gasteiger partial charge in [0.25, 0.3) is 0 Å². The fraction of sp³-hybridized carbons (Fsp3) is 0.273. The van der Waals surface area contributed by atoms with E-state index in [0.29, 0.717) is 0 Å². The lowest BCUT2D eigenvalue weighted by Crippen LogP contribution is -2.16. The normalized spacial score (nSPS) is 13.0. The zero-order chi connectivity index (χ0) is 63.8. The molecule has 0 unspecified atom stereocenters. The minimum Gasteiger partial charge on any atom is -0.309 e. The summed E-state index contributed by atoms with van der Waals surface area (Å²) in [4.78, 5) is 2.61. The van der Waals surface area contributed by atoms with Crippen molar-refractivity contribution in [2.75, 3.05) is 4.90 Å². The lowest BCUT2D eigenvalue weighted by molar-refractivity contribution is 0.569. The lowest BCUT2D eigenvalue weighted by Gasteiger charge is -2.33. The Kier molecular flexibility index (Phi) is 14.4. The predicted octanol–water partition coefficient (Wildman–Crippen LogP) is 25.6. The van der Waals surface area contributed by atoms with E-state index in [9.17, 15) is 0 Å². The van der Waals surface area contributed by atoms with E-state index >= 15 is 0 Å². The standard InChI is InChI=1S/C88H90N2/c1-83(2,3)63-37-31-56(32-38-63)55-23-27-59(28-24-55)70-44-39-66(86(10,11)12)54-80(70)90(75-22-20-19-21-69(75)58-29-25-57(26-30-58)62-49-67(87(13,14)15)51-68(50-62)88(16,17)18)77-46-36-61-33-42-71-76(45-35-60-34-43-72(77)82(61)81(60)71)89-78-47-40-64(84(4,5)6)52-73(78)74-53-65(85(7,8)9)41-48-79(74)89/h19-54H,1-18H3. The molecule has 0 aliphatic carbocycles. The first-order chi connectivity index (χ1) is 42.4. The molecule has 2 heteroatoms. The van der Waals surface area contributed by atoms with Gasteiger partial charge in [0.1, 0.15) is 0 Å². The summed E-state index contributed by atoms with van der Waals surface area (Å²) in [5, 5.41) is 10.0. The molecule has 90 heavy (non-hydrogen) atoms. The van der Waals surface area contributed by atoms with Crippen LogP contribution in [-0.4, -0.2) is 4.57 Å². The van der Waals surface area contributed by atoms with Crippen LogP contribution in [0.3, 0.4) is 0 Å². The van der Waals surface area contributed by atoms with Crippen LogP contribution in [0.25, 0.3) is 104 Å². The van der Waals surface area contributed by atoms with Crippen LogP contribution in [0.4, 0.5) is 17.1 Å². The maximum Gasteiger partial charge on any atom is 0.0543 e. The molecule has 0 bridgehead atoms. The molecule has 0 atom stereocenters. The number of aromatic nitrogens is 1. The molecule has 452 valence electrons. The monoisotopic (exact) mass is 1170 g/mol. The van der Waals surface area contributed by atoms with Gasteiger partial charge in [-0.25, -0.2) is 0 Å². The van der Waals surface area contributed by atoms with E-state index in [-0.39, 0.29) is 32.5 Å². The Morgan fingerprint density at radius 1 is 0.244 bits per heavy atom. The van der Waals surface area contributed by atoms with Gasteiger partial charge >= 0.3 is 0 Å². The van der Waals surface area contributed by atoms with Crippen molar-refractivity contribution in [3.05, 3.63) is 252 Å². The SMILES string of the molecule is CC(C)(C)c1ccc(-c2ccc(-c3ccc(C(C)(C)C)cc3N(c3ccccc3-c3ccc(-c4cc(C(C)(C)C)cc(C(C)(C)C)c4)cc3)c3ccc4ccc5c(-n6c7ccc(C(C)(C)C)cc7c7cc(C(C)(C)C)ccc76)ccc6ccc3c4c65)cc2)cc1. The smallest absolute Gasteiger partial charge is 0.0543 e. The van der Waals surface area contributed by atoms with Gasteiger partial charge in [-0.15, -0.1) is 0 Å². The summed E-state index contributed by atoms with van der Waals surface area (Å²) in [6.45, 7) is 41.7. The molecule has 0 saturated heterocycles. The molecule has 2 nitrogen and oxygen atoms in total. The first-order valence-corrected chi connectivity index (χ1v) is 32.7. The number of nitrogens with zero attached hydrogens (tertiary/aromatic N) is 2. The fourth-order valence-corrected chi connectivity index (χ4v) is 13.6. The zero-order valence-corrected chi connectivity index (χ0v) is 56.7. The highest BCUT2D eigenvalue weighted by atomic mass is 15.1. The summed E-state index contributed by atoms with van der Waals surface area (Å²) in [5.74, 6) is 0. The van der Waals surface area contributed by atoms with Crippen molar-refractivity contribution in [3.8, 4) is 50.2 Å². The number of hydrogen-bond acceptors (Lipinski definition) is 1. The van der Waals surface area contributed by atoms with E-state index in [0.717, 1.165) is 33.8 Å². The van der Waals surface area contributed by atoms with E-state index in [1.807, 2.05) is 0 Å². The van der Waals surface area contributed by atoms with E-state index < -0.39 is 0 Å². The van der Waals surface area contributed by atoms with Gasteiger partial charge in [-0.1, -0.05) is 294 Å². The number of benzene rings is 12. The van der Waals surface area contributed by atoms with Crippen molar-refractivity contribution in [2.24, 2.45) is 0 Å². The summed E-state index contributed by atoms with van der Waals surface area (Å²) in [5.41, 5.74) is 24.5. The van der Waals surface area contributed by atoms with Crippen LogP contribution in [-0.2, 0) is 32.5 Å². The minimum absolute atomic E-state index is 0.00267. The van der Waals surface area contributed by atoms with Crippen LogP contribution >= 0.6 is 0 Å². The highest BCUT2D eigenvalue weighted by Gasteiger charge is 2.29. The summed E-state index contributed by atoms with van der Waals surface area (Å²) >= 11 is 0. The van der Waals surface area contributed by atoms with Crippen LogP contribution in [0.1, 0.15) is 158 Å². The molecule has 1 heterocycles. The molecular weight excluding hydrogens is 1080 g/mol. The van der Waals surface area contributed by atoms with Crippen LogP contribution in [0.5, 0.6) is 0 Å². The second kappa shape index (κ2) is 21.5. The van der Waals surface area contributed by atoms with Gasteiger partial charge in [-0.2, -0.15) is 0 Å². The summed E-state index contributed by atoms with van der Waals surface area (Å²) in [7, 11) is 0. The highest BCUT2D eigenvalue weighted by molar-refractivity contribution is 6.28. The zero-order valence-electron chi connectivity index (χ0n) is 56.7. The molecule has 13 rings (SSSR count). The third-order valence-electron chi connectivity index (χ3n) is 19.3. The van der Waals surface area contributed by atoms with E-state index in [4.69, 9.17) is 0 Å². The van der Waals surface area contributed by atoms with Crippen LogP contribution in [0.15, 0.2) is 218 Å². The van der Waals surface area contributed by atoms with Crippen molar-refractivity contribution in [3.63, 3.8) is 0 Å². The molecule has 0 fully saturated rings. The molecule has 0 aliphatic rings. The second-order valence-corrected chi connectivity index (χ2v) is 32.0. The molecule has 0 spiro atoms. The van der Waals surface area contributed by atoms with Gasteiger partial charge in [0.2, 0.25) is 0 Å². The van der Waals surface area contributed by atoms with Crippen LogP contribution < -0.4 is 4.90 Å². The van der Waals surface area contributed by atoms with E-state index in [1.165, 1.54) is 121 Å². The molecular formula is C88H90N2. The van der Waals surface area contributed by atoms with Gasteiger partial charge in [0.05, 0.1) is 33.8 Å². The molecule has 1 aromatic heterocycles. The van der Waals surface area contributed by atoms with Gasteiger partial charge in [-0.3, -0.25) is 0 Å². The molecule has 0 N–H and O–H groups in total. The molecule has 0 aliphatic heterocycles. The number of hydrogen-bond donors (Lipinski definition) is 0. The van der Waals surface area contributed by atoms with Gasteiger partial charge in [0.15, 0.2) is 0 Å². The summed E-state index contributed by atoms with van der Waals surface area (Å²) in [6, 6.07) is 84.7. The Bertz CT molecular complexity index is 4780. The van der Waals surface area contributed by atoms with Crippen molar-refractivity contribution in [1.82, 2.24) is 4.57 Å². The Labute approximate surface area is 536 Å². The van der Waals surface area contributed by atoms with Crippen molar-refractivity contribution >= 4 is 71.2 Å². The van der Waals surface area contributed by atoms with Gasteiger partial charge in [-0.05, 0) is 169 Å². The third-order valence-corrected chi connectivity index (χ3v) is 19.3. The molecule has 0 amide bonds. The molecule has 12 aromatic carbocycles. The van der Waals surface area contributed by atoms with Crippen molar-refractivity contribution in [2.45, 2.75) is 157 Å². The summed E-state index contributed by atoms with van der Waals surface area (Å²) in [6.07, 6.45) is 0. The molecule has 0 saturated carbocycles. The van der Waals surface area contributed by atoms with Gasteiger partial charge in [0, 0.05) is 32.7 Å². The lowest BCUT2D eigenvalue weighted by atomic mass is 9.79. The second-order valence-electron chi connectivity index (χ2n) is 32.0. The van der Waals surface area contributed by atoms with E-state index in [2.05, 4.69) is 352 Å². The Morgan fingerprint density at radius 3 is 1.14 bits per heavy atom. The Morgan fingerprint density at radius 2 is 0.633 bits per heavy atom. The van der Waals surface area contributed by atoms with Crippen LogP contribution in [0.2, 0.25) is 0 Å².